The van der Waals surface area contributed by atoms with Crippen LogP contribution >= 0.6 is 18.9 Å². The summed E-state index contributed by atoms with van der Waals surface area (Å²) in [6.45, 7) is 14.1. The molecule has 2 heteroatoms. The van der Waals surface area contributed by atoms with Crippen LogP contribution in [0.25, 0.3) is 0 Å². The van der Waals surface area contributed by atoms with Gasteiger partial charge in [-0.3, -0.25) is 0 Å². The summed E-state index contributed by atoms with van der Waals surface area (Å²) < 4.78 is 0. The first-order chi connectivity index (χ1) is 5.39. The van der Waals surface area contributed by atoms with Crippen molar-refractivity contribution >= 4 is 18.9 Å². The molecular weight excluding hydrogens is 187 g/mol. The summed E-state index contributed by atoms with van der Waals surface area (Å²) in [6, 6.07) is 0. The van der Waals surface area contributed by atoms with E-state index in [1.165, 1.54) is 0 Å². The molecule has 0 aliphatic rings. The van der Waals surface area contributed by atoms with Crippen LogP contribution < -0.4 is 0 Å². The standard InChI is InChI=1S/C10H24ClP/c1-8(2)12(7-11,9(3)4)10(5)6/h8-10,12H,7H2,1-6H3. The van der Waals surface area contributed by atoms with Gasteiger partial charge in [0.15, 0.2) is 0 Å². The Balaban J connectivity index is 4.77. The van der Waals surface area contributed by atoms with Gasteiger partial charge in [0.1, 0.15) is 0 Å². The Bertz CT molecular complexity index is 108. The molecule has 0 nitrogen and oxygen atoms in total. The zero-order chi connectivity index (χ0) is 9.94. The Kier molecular flexibility index (Phi) is 5.11. The van der Waals surface area contributed by atoms with Gasteiger partial charge < -0.3 is 0 Å². The van der Waals surface area contributed by atoms with Gasteiger partial charge in [-0.15, -0.1) is 0 Å². The second-order valence-corrected chi connectivity index (χ2v) is 11.5. The quantitative estimate of drug-likeness (QED) is 0.483. The molecule has 0 aromatic rings. The molecule has 0 atom stereocenters. The second-order valence-electron chi connectivity index (χ2n) is 4.71. The number of alkyl halides is 1. The van der Waals surface area contributed by atoms with Crippen LogP contribution in [0.5, 0.6) is 0 Å². The Labute approximate surface area is 83.4 Å². The molecule has 0 unspecified atom stereocenters. The molecule has 0 spiro atoms. The molecule has 0 amide bonds. The van der Waals surface area contributed by atoms with E-state index in [1.54, 1.807) is 0 Å². The van der Waals surface area contributed by atoms with Crippen LogP contribution in [0.1, 0.15) is 41.5 Å². The van der Waals surface area contributed by atoms with Gasteiger partial charge in [-0.2, -0.15) is 0 Å². The van der Waals surface area contributed by atoms with Crippen LogP contribution in [0, 0.1) is 0 Å². The van der Waals surface area contributed by atoms with Crippen LogP contribution in [0.2, 0.25) is 0 Å². The van der Waals surface area contributed by atoms with E-state index in [2.05, 4.69) is 41.5 Å². The summed E-state index contributed by atoms with van der Waals surface area (Å²) in [7, 11) is -1.24. The Hall–Kier alpha value is 0.720. The summed E-state index contributed by atoms with van der Waals surface area (Å²) in [5.41, 5.74) is 3.32. The molecule has 0 bridgehead atoms. The SMILES string of the molecule is CC(C)[PH](CCl)(C(C)C)C(C)C. The molecule has 0 rings (SSSR count). The minimum atomic E-state index is -1.24. The molecule has 0 aromatic heterocycles. The molecule has 0 aliphatic carbocycles. The summed E-state index contributed by atoms with van der Waals surface area (Å²) in [5.74, 6) is 0. The van der Waals surface area contributed by atoms with Crippen molar-refractivity contribution in [2.75, 3.05) is 5.62 Å². The van der Waals surface area contributed by atoms with E-state index >= 15 is 0 Å². The van der Waals surface area contributed by atoms with E-state index in [0.717, 1.165) is 22.6 Å². The molecule has 0 saturated heterocycles. The molecule has 0 aliphatic heterocycles. The molecule has 0 fully saturated rings. The maximum atomic E-state index is 6.17. The molecule has 12 heavy (non-hydrogen) atoms. The van der Waals surface area contributed by atoms with Gasteiger partial charge in [-0.25, -0.2) is 0 Å². The van der Waals surface area contributed by atoms with Gasteiger partial charge in [-0.1, -0.05) is 0 Å². The third-order valence-corrected chi connectivity index (χ3v) is 11.8. The Morgan fingerprint density at radius 2 is 1.08 bits per heavy atom. The zero-order valence-corrected chi connectivity index (χ0v) is 11.1. The molecule has 0 radical (unpaired) electrons. The maximum absolute atomic E-state index is 6.17. The van der Waals surface area contributed by atoms with Crippen molar-refractivity contribution in [2.45, 2.75) is 58.5 Å². The average molecular weight is 211 g/mol. The van der Waals surface area contributed by atoms with Gasteiger partial charge in [0.2, 0.25) is 0 Å². The summed E-state index contributed by atoms with van der Waals surface area (Å²) in [4.78, 5) is 0. The number of rotatable bonds is 4. The predicted octanol–water partition coefficient (Wildman–Crippen LogP) is 4.16. The zero-order valence-electron chi connectivity index (χ0n) is 9.32. The van der Waals surface area contributed by atoms with Gasteiger partial charge in [0.05, 0.1) is 0 Å². The summed E-state index contributed by atoms with van der Waals surface area (Å²) >= 11 is 6.17. The van der Waals surface area contributed by atoms with Gasteiger partial charge in [-0.05, 0) is 0 Å². The van der Waals surface area contributed by atoms with E-state index in [0.29, 0.717) is 0 Å². The molecule has 76 valence electrons. The molecular formula is C10H24ClP. The molecule has 0 saturated carbocycles. The third-order valence-electron chi connectivity index (χ3n) is 3.46. The molecule has 0 aromatic carbocycles. The van der Waals surface area contributed by atoms with Crippen LogP contribution in [-0.4, -0.2) is 22.6 Å². The molecule has 0 heterocycles. The normalized spacial score (nSPS) is 14.8. The van der Waals surface area contributed by atoms with Crippen LogP contribution in [0.4, 0.5) is 0 Å². The minimum absolute atomic E-state index is 0.801. The van der Waals surface area contributed by atoms with E-state index < -0.39 is 7.26 Å². The fraction of sp³-hybridized carbons (Fsp3) is 1.00. The van der Waals surface area contributed by atoms with Crippen molar-refractivity contribution < 1.29 is 0 Å². The topological polar surface area (TPSA) is 0 Å². The molecule has 0 N–H and O–H groups in total. The number of hydrogen-bond acceptors (Lipinski definition) is 0. The van der Waals surface area contributed by atoms with Crippen molar-refractivity contribution in [2.24, 2.45) is 0 Å². The predicted molar refractivity (Wildman–Crippen MR) is 64.4 cm³/mol. The second kappa shape index (κ2) is 4.82. The average Bonchev–Trinajstić information content (AvgIpc) is 1.86. The van der Waals surface area contributed by atoms with Crippen LogP contribution in [-0.2, 0) is 0 Å². The Morgan fingerprint density at radius 1 is 0.833 bits per heavy atom. The third kappa shape index (κ3) is 2.15. The van der Waals surface area contributed by atoms with E-state index in [1.807, 2.05) is 0 Å². The van der Waals surface area contributed by atoms with Gasteiger partial charge in [0, 0.05) is 0 Å². The Morgan fingerprint density at radius 3 is 1.08 bits per heavy atom. The first-order valence-corrected chi connectivity index (χ1v) is 7.92. The summed E-state index contributed by atoms with van der Waals surface area (Å²) in [5, 5.41) is 0. The fourth-order valence-corrected chi connectivity index (χ4v) is 10.2. The monoisotopic (exact) mass is 210 g/mol. The fourth-order valence-electron chi connectivity index (χ4n) is 2.46. The summed E-state index contributed by atoms with van der Waals surface area (Å²) in [6.07, 6.45) is 0. The van der Waals surface area contributed by atoms with E-state index in [9.17, 15) is 0 Å². The van der Waals surface area contributed by atoms with Crippen molar-refractivity contribution in [3.63, 3.8) is 0 Å². The van der Waals surface area contributed by atoms with Crippen molar-refractivity contribution in [1.29, 1.82) is 0 Å². The van der Waals surface area contributed by atoms with E-state index in [-0.39, 0.29) is 0 Å². The van der Waals surface area contributed by atoms with Gasteiger partial charge >= 0.3 is 83.0 Å². The first-order valence-electron chi connectivity index (χ1n) is 4.95. The number of halogens is 1. The van der Waals surface area contributed by atoms with Gasteiger partial charge in [0.25, 0.3) is 0 Å². The van der Waals surface area contributed by atoms with E-state index in [4.69, 9.17) is 11.6 Å². The first kappa shape index (κ1) is 12.7. The van der Waals surface area contributed by atoms with Crippen LogP contribution in [0.15, 0.2) is 0 Å². The number of hydrogen-bond donors (Lipinski definition) is 0. The van der Waals surface area contributed by atoms with Crippen molar-refractivity contribution in [1.82, 2.24) is 0 Å². The van der Waals surface area contributed by atoms with Crippen LogP contribution in [0.3, 0.4) is 0 Å². The van der Waals surface area contributed by atoms with Crippen molar-refractivity contribution in [3.05, 3.63) is 0 Å². The van der Waals surface area contributed by atoms with Crippen molar-refractivity contribution in [3.8, 4) is 0 Å².